The Hall–Kier alpha value is -0.970. The molecule has 2 nitrogen and oxygen atoms in total. The van der Waals surface area contributed by atoms with Gasteiger partial charge in [0, 0.05) is 18.0 Å². The standard InChI is InChI=1S/C10H7IN2/c11-10-5-1-4-9(13-10)8-3-2-6-12-7-8/h1-7H. The van der Waals surface area contributed by atoms with Crippen molar-refractivity contribution in [1.82, 2.24) is 9.97 Å². The summed E-state index contributed by atoms with van der Waals surface area (Å²) in [4.78, 5) is 8.44. The minimum Gasteiger partial charge on any atom is -0.264 e. The molecule has 2 aromatic heterocycles. The molecule has 0 fully saturated rings. The molecule has 0 saturated carbocycles. The van der Waals surface area contributed by atoms with Gasteiger partial charge in [-0.25, -0.2) is 4.98 Å². The third-order valence-electron chi connectivity index (χ3n) is 1.67. The van der Waals surface area contributed by atoms with Crippen LogP contribution in [0, 0.1) is 3.70 Å². The summed E-state index contributed by atoms with van der Waals surface area (Å²) in [5.74, 6) is 0. The van der Waals surface area contributed by atoms with Crippen LogP contribution in [0.3, 0.4) is 0 Å². The molecule has 0 aromatic carbocycles. The molecule has 3 heteroatoms. The van der Waals surface area contributed by atoms with Crippen molar-refractivity contribution < 1.29 is 0 Å². The van der Waals surface area contributed by atoms with E-state index in [1.54, 1.807) is 6.20 Å². The lowest BCUT2D eigenvalue weighted by molar-refractivity contribution is 1.25. The fourth-order valence-corrected chi connectivity index (χ4v) is 1.55. The first-order valence-corrected chi connectivity index (χ1v) is 4.97. The third-order valence-corrected chi connectivity index (χ3v) is 2.27. The average Bonchev–Trinajstić information content (AvgIpc) is 2.19. The molecule has 2 aromatic rings. The van der Waals surface area contributed by atoms with Gasteiger partial charge in [0.05, 0.1) is 5.69 Å². The van der Waals surface area contributed by atoms with Gasteiger partial charge in [-0.05, 0) is 46.9 Å². The summed E-state index contributed by atoms with van der Waals surface area (Å²) in [6, 6.07) is 9.87. The van der Waals surface area contributed by atoms with Crippen LogP contribution in [-0.4, -0.2) is 9.97 Å². The molecule has 0 amide bonds. The van der Waals surface area contributed by atoms with Crippen LogP contribution in [0.4, 0.5) is 0 Å². The Morgan fingerprint density at radius 3 is 2.69 bits per heavy atom. The molecule has 0 saturated heterocycles. The maximum atomic E-state index is 4.39. The van der Waals surface area contributed by atoms with Crippen LogP contribution in [0.2, 0.25) is 0 Å². The highest BCUT2D eigenvalue weighted by atomic mass is 127. The van der Waals surface area contributed by atoms with Gasteiger partial charge in [0.1, 0.15) is 3.70 Å². The van der Waals surface area contributed by atoms with E-state index in [1.165, 1.54) is 0 Å². The molecule has 2 rings (SSSR count). The van der Waals surface area contributed by atoms with Gasteiger partial charge < -0.3 is 0 Å². The molecule has 0 unspecified atom stereocenters. The third kappa shape index (κ3) is 2.03. The first-order valence-electron chi connectivity index (χ1n) is 3.89. The molecule has 0 spiro atoms. The summed E-state index contributed by atoms with van der Waals surface area (Å²) in [7, 11) is 0. The Kier molecular flexibility index (Phi) is 2.54. The van der Waals surface area contributed by atoms with E-state index in [0.717, 1.165) is 15.0 Å². The van der Waals surface area contributed by atoms with Gasteiger partial charge in [-0.3, -0.25) is 4.98 Å². The summed E-state index contributed by atoms with van der Waals surface area (Å²) in [6.45, 7) is 0. The summed E-state index contributed by atoms with van der Waals surface area (Å²) < 4.78 is 0.999. The van der Waals surface area contributed by atoms with Crippen molar-refractivity contribution in [1.29, 1.82) is 0 Å². The predicted molar refractivity (Wildman–Crippen MR) is 60.2 cm³/mol. The van der Waals surface area contributed by atoms with Crippen molar-refractivity contribution in [3.8, 4) is 11.3 Å². The van der Waals surface area contributed by atoms with Crippen LogP contribution in [0.15, 0.2) is 42.7 Å². The zero-order valence-corrected chi connectivity index (χ0v) is 8.97. The van der Waals surface area contributed by atoms with Crippen molar-refractivity contribution in [2.24, 2.45) is 0 Å². The van der Waals surface area contributed by atoms with Crippen molar-refractivity contribution in [2.75, 3.05) is 0 Å². The number of pyridine rings is 2. The van der Waals surface area contributed by atoms with Crippen LogP contribution < -0.4 is 0 Å². The first kappa shape index (κ1) is 8.62. The van der Waals surface area contributed by atoms with E-state index < -0.39 is 0 Å². The second-order valence-electron chi connectivity index (χ2n) is 2.59. The zero-order chi connectivity index (χ0) is 9.10. The lowest BCUT2D eigenvalue weighted by Crippen LogP contribution is -1.85. The molecule has 0 radical (unpaired) electrons. The highest BCUT2D eigenvalue weighted by Gasteiger charge is 1.97. The summed E-state index contributed by atoms with van der Waals surface area (Å²) in [5.41, 5.74) is 2.03. The van der Waals surface area contributed by atoms with Gasteiger partial charge >= 0.3 is 0 Å². The molecule has 0 aliphatic carbocycles. The second kappa shape index (κ2) is 3.83. The van der Waals surface area contributed by atoms with Gasteiger partial charge in [0.2, 0.25) is 0 Å². The fraction of sp³-hybridized carbons (Fsp3) is 0. The number of nitrogens with zero attached hydrogens (tertiary/aromatic N) is 2. The summed E-state index contributed by atoms with van der Waals surface area (Å²) >= 11 is 2.20. The average molecular weight is 282 g/mol. The van der Waals surface area contributed by atoms with Gasteiger partial charge in [0.15, 0.2) is 0 Å². The van der Waals surface area contributed by atoms with E-state index in [4.69, 9.17) is 0 Å². The van der Waals surface area contributed by atoms with E-state index in [2.05, 4.69) is 32.6 Å². The molecule has 0 N–H and O–H groups in total. The molecule has 2 heterocycles. The van der Waals surface area contributed by atoms with E-state index in [9.17, 15) is 0 Å². The SMILES string of the molecule is Ic1cccc(-c2cccnc2)n1. The number of halogens is 1. The molecular formula is C10H7IN2. The van der Waals surface area contributed by atoms with Crippen LogP contribution in [0.25, 0.3) is 11.3 Å². The largest absolute Gasteiger partial charge is 0.264 e. The van der Waals surface area contributed by atoms with Crippen molar-refractivity contribution >= 4 is 22.6 Å². The Morgan fingerprint density at radius 2 is 2.00 bits per heavy atom. The van der Waals surface area contributed by atoms with Crippen LogP contribution in [0.5, 0.6) is 0 Å². The number of aromatic nitrogens is 2. The molecule has 0 atom stereocenters. The highest BCUT2D eigenvalue weighted by molar-refractivity contribution is 14.1. The molecule has 0 aliphatic rings. The summed E-state index contributed by atoms with van der Waals surface area (Å²) in [5, 5.41) is 0. The zero-order valence-electron chi connectivity index (χ0n) is 6.81. The Labute approximate surface area is 90.2 Å². The highest BCUT2D eigenvalue weighted by Crippen LogP contribution is 2.15. The Morgan fingerprint density at radius 1 is 1.08 bits per heavy atom. The van der Waals surface area contributed by atoms with E-state index in [1.807, 2.05) is 36.5 Å². The van der Waals surface area contributed by atoms with Crippen molar-refractivity contribution in [2.45, 2.75) is 0 Å². The minimum absolute atomic E-state index is 0.972. The van der Waals surface area contributed by atoms with Gasteiger partial charge in [-0.2, -0.15) is 0 Å². The Balaban J connectivity index is 2.48. The smallest absolute Gasteiger partial charge is 0.102 e. The van der Waals surface area contributed by atoms with Crippen LogP contribution >= 0.6 is 22.6 Å². The summed E-state index contributed by atoms with van der Waals surface area (Å²) in [6.07, 6.45) is 3.58. The minimum atomic E-state index is 0.972. The maximum Gasteiger partial charge on any atom is 0.102 e. The van der Waals surface area contributed by atoms with E-state index in [0.29, 0.717) is 0 Å². The first-order chi connectivity index (χ1) is 6.36. The molecule has 0 bridgehead atoms. The number of hydrogen-bond donors (Lipinski definition) is 0. The van der Waals surface area contributed by atoms with Crippen molar-refractivity contribution in [3.05, 3.63) is 46.4 Å². The number of hydrogen-bond acceptors (Lipinski definition) is 2. The lowest BCUT2D eigenvalue weighted by Gasteiger charge is -1.99. The molecule has 13 heavy (non-hydrogen) atoms. The second-order valence-corrected chi connectivity index (χ2v) is 3.69. The van der Waals surface area contributed by atoms with Crippen LogP contribution in [-0.2, 0) is 0 Å². The maximum absolute atomic E-state index is 4.39. The van der Waals surface area contributed by atoms with Crippen molar-refractivity contribution in [3.63, 3.8) is 0 Å². The fourth-order valence-electron chi connectivity index (χ4n) is 1.08. The number of rotatable bonds is 1. The Bertz CT molecular complexity index is 401. The monoisotopic (exact) mass is 282 g/mol. The van der Waals surface area contributed by atoms with Gasteiger partial charge in [-0.15, -0.1) is 0 Å². The van der Waals surface area contributed by atoms with E-state index in [-0.39, 0.29) is 0 Å². The topological polar surface area (TPSA) is 25.8 Å². The van der Waals surface area contributed by atoms with E-state index >= 15 is 0 Å². The van der Waals surface area contributed by atoms with Gasteiger partial charge in [-0.1, -0.05) is 6.07 Å². The lowest BCUT2D eigenvalue weighted by atomic mass is 10.2. The van der Waals surface area contributed by atoms with Crippen LogP contribution in [0.1, 0.15) is 0 Å². The molecule has 0 aliphatic heterocycles. The molecule has 64 valence electrons. The predicted octanol–water partition coefficient (Wildman–Crippen LogP) is 2.75. The normalized spacial score (nSPS) is 9.92. The quantitative estimate of drug-likeness (QED) is 0.593. The molecular weight excluding hydrogens is 275 g/mol. The van der Waals surface area contributed by atoms with Gasteiger partial charge in [0.25, 0.3) is 0 Å².